The Balaban J connectivity index is 2.55. The Morgan fingerprint density at radius 1 is 1.73 bits per heavy atom. The van der Waals surface area contributed by atoms with Gasteiger partial charge in [0.25, 0.3) is 5.91 Å². The van der Waals surface area contributed by atoms with Crippen molar-refractivity contribution in [2.24, 2.45) is 5.41 Å². The quantitative estimate of drug-likeness (QED) is 0.552. The van der Waals surface area contributed by atoms with Crippen LogP contribution in [0.4, 0.5) is 5.82 Å². The first-order valence-electron chi connectivity index (χ1n) is 4.64. The van der Waals surface area contributed by atoms with Gasteiger partial charge in [-0.15, -0.1) is 0 Å². The van der Waals surface area contributed by atoms with Crippen LogP contribution in [0.15, 0.2) is 6.20 Å². The second-order valence-corrected chi connectivity index (χ2v) is 4.20. The summed E-state index contributed by atoms with van der Waals surface area (Å²) in [7, 11) is 0. The molecule has 1 heterocycles. The molecule has 0 fully saturated rings. The molecule has 15 heavy (non-hydrogen) atoms. The van der Waals surface area contributed by atoms with Gasteiger partial charge in [0.1, 0.15) is 11.4 Å². The van der Waals surface area contributed by atoms with Gasteiger partial charge in [0.15, 0.2) is 0 Å². The number of anilines is 1. The van der Waals surface area contributed by atoms with E-state index in [1.807, 2.05) is 13.8 Å². The number of amides is 1. The topological polar surface area (TPSA) is 104 Å². The van der Waals surface area contributed by atoms with Crippen molar-refractivity contribution in [3.05, 3.63) is 11.8 Å². The lowest BCUT2D eigenvalue weighted by Crippen LogP contribution is -2.36. The number of nitrogens with zero attached hydrogens (tertiary/aromatic N) is 1. The number of carbonyl (C=O) groups is 1. The van der Waals surface area contributed by atoms with Gasteiger partial charge in [0, 0.05) is 18.6 Å². The van der Waals surface area contributed by atoms with Crippen molar-refractivity contribution in [3.63, 3.8) is 0 Å². The van der Waals surface area contributed by atoms with Crippen molar-refractivity contribution in [1.29, 1.82) is 0 Å². The van der Waals surface area contributed by atoms with E-state index in [2.05, 4.69) is 15.5 Å². The van der Waals surface area contributed by atoms with E-state index in [9.17, 15) is 4.79 Å². The predicted octanol–water partition coefficient (Wildman–Crippen LogP) is -0.260. The summed E-state index contributed by atoms with van der Waals surface area (Å²) in [5, 5.41) is 17.8. The Bertz CT molecular complexity index is 346. The van der Waals surface area contributed by atoms with Gasteiger partial charge in [-0.05, 0) is 0 Å². The molecule has 5 N–H and O–H groups in total. The van der Waals surface area contributed by atoms with E-state index in [0.29, 0.717) is 12.1 Å². The molecule has 1 amide bonds. The van der Waals surface area contributed by atoms with Gasteiger partial charge < -0.3 is 16.2 Å². The second kappa shape index (κ2) is 4.31. The molecule has 6 heteroatoms. The number of aliphatic hydroxyl groups excluding tert-OH is 1. The van der Waals surface area contributed by atoms with Crippen molar-refractivity contribution in [1.82, 2.24) is 15.5 Å². The molecule has 0 aliphatic heterocycles. The maximum atomic E-state index is 11.6. The fraction of sp³-hybridized carbons (Fsp3) is 0.556. The molecule has 1 aromatic heterocycles. The van der Waals surface area contributed by atoms with Crippen molar-refractivity contribution >= 4 is 11.7 Å². The minimum atomic E-state index is -0.339. The Kier molecular flexibility index (Phi) is 3.31. The van der Waals surface area contributed by atoms with Crippen LogP contribution in [-0.4, -0.2) is 34.4 Å². The number of nitrogens with two attached hydrogens (primary N) is 1. The maximum Gasteiger partial charge on any atom is 0.256 e. The maximum absolute atomic E-state index is 11.6. The predicted molar refractivity (Wildman–Crippen MR) is 56.2 cm³/mol. The first kappa shape index (κ1) is 11.5. The molecule has 0 aromatic carbocycles. The number of hydrogen-bond acceptors (Lipinski definition) is 4. The van der Waals surface area contributed by atoms with Crippen molar-refractivity contribution < 1.29 is 9.90 Å². The number of aromatic nitrogens is 2. The number of aliphatic hydroxyl groups is 1. The molecule has 0 saturated heterocycles. The molecule has 1 rings (SSSR count). The smallest absolute Gasteiger partial charge is 0.256 e. The number of nitrogen functional groups attached to an aromatic ring is 1. The highest BCUT2D eigenvalue weighted by Crippen LogP contribution is 2.12. The number of carbonyl (C=O) groups excluding carboxylic acids is 1. The molecule has 0 atom stereocenters. The molecular formula is C9H16N4O2. The van der Waals surface area contributed by atoms with Crippen molar-refractivity contribution in [2.45, 2.75) is 13.8 Å². The summed E-state index contributed by atoms with van der Waals surface area (Å²) in [5.41, 5.74) is 5.47. The van der Waals surface area contributed by atoms with E-state index < -0.39 is 0 Å². The van der Waals surface area contributed by atoms with Crippen LogP contribution < -0.4 is 11.1 Å². The van der Waals surface area contributed by atoms with Gasteiger partial charge in [0.05, 0.1) is 6.20 Å². The van der Waals surface area contributed by atoms with Crippen LogP contribution >= 0.6 is 0 Å². The highest BCUT2D eigenvalue weighted by atomic mass is 16.3. The first-order valence-corrected chi connectivity index (χ1v) is 4.64. The summed E-state index contributed by atoms with van der Waals surface area (Å²) in [6.07, 6.45) is 1.37. The number of aromatic amines is 1. The lowest BCUT2D eigenvalue weighted by atomic mass is 9.95. The number of nitrogens with one attached hydrogen (secondary N) is 2. The SMILES string of the molecule is CC(C)(CO)CNC(=O)c1cn[nH]c1N. The number of rotatable bonds is 4. The van der Waals surface area contributed by atoms with E-state index in [4.69, 9.17) is 10.8 Å². The number of H-pyrrole nitrogens is 1. The normalized spacial score (nSPS) is 11.4. The lowest BCUT2D eigenvalue weighted by Gasteiger charge is -2.21. The Hall–Kier alpha value is -1.56. The molecule has 84 valence electrons. The molecule has 0 aliphatic rings. The van der Waals surface area contributed by atoms with Crippen LogP contribution in [0, 0.1) is 5.41 Å². The summed E-state index contributed by atoms with van der Waals surface area (Å²) in [5.74, 6) is -0.0444. The average molecular weight is 212 g/mol. The third-order valence-corrected chi connectivity index (χ3v) is 2.07. The van der Waals surface area contributed by atoms with Gasteiger partial charge >= 0.3 is 0 Å². The fourth-order valence-corrected chi connectivity index (χ4v) is 0.948. The Labute approximate surface area is 87.9 Å². The van der Waals surface area contributed by atoms with Gasteiger partial charge in [-0.25, -0.2) is 0 Å². The van der Waals surface area contributed by atoms with E-state index in [1.165, 1.54) is 6.20 Å². The van der Waals surface area contributed by atoms with Crippen LogP contribution in [0.25, 0.3) is 0 Å². The zero-order valence-electron chi connectivity index (χ0n) is 8.87. The van der Waals surface area contributed by atoms with Gasteiger partial charge in [-0.1, -0.05) is 13.8 Å². The van der Waals surface area contributed by atoms with Crippen LogP contribution in [0.3, 0.4) is 0 Å². The zero-order chi connectivity index (χ0) is 11.5. The van der Waals surface area contributed by atoms with E-state index in [-0.39, 0.29) is 23.7 Å². The monoisotopic (exact) mass is 212 g/mol. The third kappa shape index (κ3) is 2.95. The van der Waals surface area contributed by atoms with Crippen molar-refractivity contribution in [3.8, 4) is 0 Å². The molecule has 0 spiro atoms. The molecular weight excluding hydrogens is 196 g/mol. The summed E-state index contributed by atoms with van der Waals surface area (Å²) in [6.45, 7) is 4.10. The minimum absolute atomic E-state index is 0.00808. The zero-order valence-corrected chi connectivity index (χ0v) is 8.87. The van der Waals surface area contributed by atoms with Crippen LogP contribution in [0.1, 0.15) is 24.2 Å². The highest BCUT2D eigenvalue weighted by molar-refractivity contribution is 5.98. The summed E-state index contributed by atoms with van der Waals surface area (Å²) >= 11 is 0. The lowest BCUT2D eigenvalue weighted by molar-refractivity contribution is 0.0912. The molecule has 0 bridgehead atoms. The molecule has 0 unspecified atom stereocenters. The first-order chi connectivity index (χ1) is 6.96. The molecule has 0 saturated carbocycles. The number of hydrogen-bond donors (Lipinski definition) is 4. The summed E-state index contributed by atoms with van der Waals surface area (Å²) in [4.78, 5) is 11.6. The Morgan fingerprint density at radius 3 is 2.87 bits per heavy atom. The second-order valence-electron chi connectivity index (χ2n) is 4.20. The molecule has 0 radical (unpaired) electrons. The van der Waals surface area contributed by atoms with E-state index in [1.54, 1.807) is 0 Å². The van der Waals surface area contributed by atoms with Crippen molar-refractivity contribution in [2.75, 3.05) is 18.9 Å². The summed E-state index contributed by atoms with van der Waals surface area (Å²) in [6, 6.07) is 0. The Morgan fingerprint density at radius 2 is 2.40 bits per heavy atom. The third-order valence-electron chi connectivity index (χ3n) is 2.07. The largest absolute Gasteiger partial charge is 0.396 e. The standard InChI is InChI=1S/C9H16N4O2/c1-9(2,5-14)4-11-8(15)6-3-12-13-7(6)10/h3,14H,4-5H2,1-2H3,(H,11,15)(H3,10,12,13). The average Bonchev–Trinajstić information content (AvgIpc) is 2.61. The minimum Gasteiger partial charge on any atom is -0.396 e. The van der Waals surface area contributed by atoms with Crippen LogP contribution in [0.2, 0.25) is 0 Å². The highest BCUT2D eigenvalue weighted by Gasteiger charge is 2.19. The van der Waals surface area contributed by atoms with Gasteiger partial charge in [0.2, 0.25) is 0 Å². The van der Waals surface area contributed by atoms with E-state index in [0.717, 1.165) is 0 Å². The fourth-order valence-electron chi connectivity index (χ4n) is 0.948. The van der Waals surface area contributed by atoms with Crippen LogP contribution in [0.5, 0.6) is 0 Å². The molecule has 0 aliphatic carbocycles. The molecule has 1 aromatic rings. The van der Waals surface area contributed by atoms with E-state index >= 15 is 0 Å². The molecule has 6 nitrogen and oxygen atoms in total. The van der Waals surface area contributed by atoms with Gasteiger partial charge in [-0.2, -0.15) is 5.10 Å². The van der Waals surface area contributed by atoms with Gasteiger partial charge in [-0.3, -0.25) is 9.89 Å². The van der Waals surface area contributed by atoms with Crippen LogP contribution in [-0.2, 0) is 0 Å². The summed E-state index contributed by atoms with van der Waals surface area (Å²) < 4.78 is 0.